The van der Waals surface area contributed by atoms with Crippen molar-refractivity contribution < 1.29 is 19.8 Å². The molecular weight excluding hydrogens is 208 g/mol. The van der Waals surface area contributed by atoms with Gasteiger partial charge in [-0.2, -0.15) is 0 Å². The van der Waals surface area contributed by atoms with Gasteiger partial charge in [-0.25, -0.2) is 0 Å². The predicted molar refractivity (Wildman–Crippen MR) is 59.1 cm³/mol. The van der Waals surface area contributed by atoms with Gasteiger partial charge in [0.2, 0.25) is 0 Å². The van der Waals surface area contributed by atoms with Crippen LogP contribution in [-0.4, -0.2) is 22.2 Å². The zero-order valence-corrected chi connectivity index (χ0v) is 9.90. The summed E-state index contributed by atoms with van der Waals surface area (Å²) in [6.07, 6.45) is 4.40. The highest BCUT2D eigenvalue weighted by molar-refractivity contribution is 5.75. The van der Waals surface area contributed by atoms with Crippen LogP contribution < -0.4 is 0 Å². The van der Waals surface area contributed by atoms with Crippen LogP contribution in [0, 0.1) is 17.3 Å². The van der Waals surface area contributed by atoms with Crippen molar-refractivity contribution in [1.82, 2.24) is 0 Å². The molecule has 0 bridgehead atoms. The normalized spacial score (nSPS) is 23.4. The molecule has 1 saturated carbocycles. The van der Waals surface area contributed by atoms with E-state index in [9.17, 15) is 9.59 Å². The van der Waals surface area contributed by atoms with Crippen LogP contribution in [0.5, 0.6) is 0 Å². The lowest BCUT2D eigenvalue weighted by Crippen LogP contribution is -2.44. The van der Waals surface area contributed by atoms with Gasteiger partial charge in [-0.3, -0.25) is 9.59 Å². The summed E-state index contributed by atoms with van der Waals surface area (Å²) < 4.78 is 0. The molecule has 1 aliphatic rings. The van der Waals surface area contributed by atoms with Gasteiger partial charge in [0.25, 0.3) is 0 Å². The Morgan fingerprint density at radius 3 is 1.62 bits per heavy atom. The first-order valence-corrected chi connectivity index (χ1v) is 5.87. The lowest BCUT2D eigenvalue weighted by Gasteiger charge is -2.43. The fourth-order valence-corrected chi connectivity index (χ4v) is 2.94. The summed E-state index contributed by atoms with van der Waals surface area (Å²) in [5.74, 6) is -2.93. The van der Waals surface area contributed by atoms with E-state index < -0.39 is 29.2 Å². The molecule has 2 unspecified atom stereocenters. The fraction of sp³-hybridized carbons (Fsp3) is 0.833. The summed E-state index contributed by atoms with van der Waals surface area (Å²) in [5, 5.41) is 18.3. The minimum Gasteiger partial charge on any atom is -0.481 e. The van der Waals surface area contributed by atoms with Crippen LogP contribution in [0.1, 0.15) is 46.0 Å². The molecule has 1 rings (SSSR count). The van der Waals surface area contributed by atoms with E-state index in [0.29, 0.717) is 12.8 Å². The van der Waals surface area contributed by atoms with Gasteiger partial charge in [0.05, 0.1) is 11.8 Å². The molecule has 0 spiro atoms. The third-order valence-corrected chi connectivity index (χ3v) is 4.25. The van der Waals surface area contributed by atoms with Crippen molar-refractivity contribution in [3.05, 3.63) is 0 Å². The van der Waals surface area contributed by atoms with Crippen molar-refractivity contribution in [3.8, 4) is 0 Å². The third-order valence-electron chi connectivity index (χ3n) is 4.25. The lowest BCUT2D eigenvalue weighted by molar-refractivity contribution is -0.157. The Hall–Kier alpha value is -1.06. The average molecular weight is 228 g/mol. The SMILES string of the molecule is CC(C(=O)O)C1(C(C)C(=O)O)CCCCC1. The van der Waals surface area contributed by atoms with E-state index in [1.807, 2.05) is 0 Å². The van der Waals surface area contributed by atoms with Crippen molar-refractivity contribution in [2.24, 2.45) is 17.3 Å². The van der Waals surface area contributed by atoms with Gasteiger partial charge in [-0.05, 0) is 18.3 Å². The zero-order valence-electron chi connectivity index (χ0n) is 9.90. The molecule has 0 heterocycles. The van der Waals surface area contributed by atoms with E-state index in [2.05, 4.69) is 0 Å². The van der Waals surface area contributed by atoms with E-state index in [-0.39, 0.29) is 0 Å². The van der Waals surface area contributed by atoms with Gasteiger partial charge in [-0.15, -0.1) is 0 Å². The van der Waals surface area contributed by atoms with E-state index in [1.54, 1.807) is 13.8 Å². The number of carboxylic acid groups (broad SMARTS) is 2. The topological polar surface area (TPSA) is 74.6 Å². The summed E-state index contributed by atoms with van der Waals surface area (Å²) in [6.45, 7) is 3.29. The number of rotatable bonds is 4. The van der Waals surface area contributed by atoms with Gasteiger partial charge in [-0.1, -0.05) is 33.1 Å². The Labute approximate surface area is 95.7 Å². The molecule has 0 amide bonds. The molecule has 1 aliphatic carbocycles. The van der Waals surface area contributed by atoms with E-state index in [1.165, 1.54) is 0 Å². The lowest BCUT2D eigenvalue weighted by atomic mass is 9.60. The Morgan fingerprint density at radius 2 is 1.31 bits per heavy atom. The summed E-state index contributed by atoms with van der Waals surface area (Å²) in [5.41, 5.74) is -0.560. The molecule has 92 valence electrons. The molecule has 16 heavy (non-hydrogen) atoms. The summed E-state index contributed by atoms with van der Waals surface area (Å²) in [4.78, 5) is 22.3. The van der Waals surface area contributed by atoms with Gasteiger partial charge < -0.3 is 10.2 Å². The second kappa shape index (κ2) is 4.85. The van der Waals surface area contributed by atoms with E-state index >= 15 is 0 Å². The van der Waals surface area contributed by atoms with E-state index in [4.69, 9.17) is 10.2 Å². The molecule has 2 N–H and O–H groups in total. The first-order chi connectivity index (χ1) is 7.42. The molecule has 0 saturated heterocycles. The summed E-state index contributed by atoms with van der Waals surface area (Å²) in [7, 11) is 0. The number of hydrogen-bond donors (Lipinski definition) is 2. The highest BCUT2D eigenvalue weighted by Crippen LogP contribution is 2.48. The van der Waals surface area contributed by atoms with Gasteiger partial charge in [0.15, 0.2) is 0 Å². The fourth-order valence-electron chi connectivity index (χ4n) is 2.94. The third kappa shape index (κ3) is 2.20. The number of hydrogen-bond acceptors (Lipinski definition) is 2. The van der Waals surface area contributed by atoms with Crippen molar-refractivity contribution in [2.75, 3.05) is 0 Å². The Bertz CT molecular complexity index is 257. The van der Waals surface area contributed by atoms with Crippen LogP contribution in [0.4, 0.5) is 0 Å². The first kappa shape index (κ1) is 13.0. The molecular formula is C12H20O4. The van der Waals surface area contributed by atoms with E-state index in [0.717, 1.165) is 19.3 Å². The molecule has 1 fully saturated rings. The van der Waals surface area contributed by atoms with Crippen molar-refractivity contribution in [3.63, 3.8) is 0 Å². The molecule has 0 radical (unpaired) electrons. The first-order valence-electron chi connectivity index (χ1n) is 5.87. The van der Waals surface area contributed by atoms with Gasteiger partial charge >= 0.3 is 11.9 Å². The highest BCUT2D eigenvalue weighted by Gasteiger charge is 2.47. The second-order valence-electron chi connectivity index (χ2n) is 4.91. The van der Waals surface area contributed by atoms with Gasteiger partial charge in [0, 0.05) is 0 Å². The predicted octanol–water partition coefficient (Wildman–Crippen LogP) is 2.38. The van der Waals surface area contributed by atoms with Gasteiger partial charge in [0.1, 0.15) is 0 Å². The van der Waals surface area contributed by atoms with Crippen molar-refractivity contribution in [2.45, 2.75) is 46.0 Å². The summed E-state index contributed by atoms with van der Waals surface area (Å²) in [6, 6.07) is 0. The monoisotopic (exact) mass is 228 g/mol. The number of carboxylic acids is 2. The number of aliphatic carboxylic acids is 2. The Balaban J connectivity index is 3.00. The van der Waals surface area contributed by atoms with Crippen LogP contribution in [0.25, 0.3) is 0 Å². The quantitative estimate of drug-likeness (QED) is 0.774. The standard InChI is InChI=1S/C12H20O4/c1-8(10(13)14)12(9(2)11(15)16)6-4-3-5-7-12/h8-9H,3-7H2,1-2H3,(H,13,14)(H,15,16). The minimum absolute atomic E-state index is 0.560. The molecule has 0 aliphatic heterocycles. The molecule has 4 nitrogen and oxygen atoms in total. The average Bonchev–Trinajstić information content (AvgIpc) is 2.27. The maximum Gasteiger partial charge on any atom is 0.306 e. The Kier molecular flexibility index (Phi) is 3.94. The molecule has 0 aromatic rings. The Morgan fingerprint density at radius 1 is 0.938 bits per heavy atom. The maximum absolute atomic E-state index is 11.1. The van der Waals surface area contributed by atoms with Crippen molar-refractivity contribution in [1.29, 1.82) is 0 Å². The molecule has 0 aromatic carbocycles. The molecule has 2 atom stereocenters. The van der Waals surface area contributed by atoms with Crippen LogP contribution >= 0.6 is 0 Å². The summed E-state index contributed by atoms with van der Waals surface area (Å²) >= 11 is 0. The van der Waals surface area contributed by atoms with Crippen LogP contribution in [0.2, 0.25) is 0 Å². The number of carbonyl (C=O) groups is 2. The minimum atomic E-state index is -0.880. The highest BCUT2D eigenvalue weighted by atomic mass is 16.4. The molecule has 0 aromatic heterocycles. The largest absolute Gasteiger partial charge is 0.481 e. The van der Waals surface area contributed by atoms with Crippen LogP contribution in [0.3, 0.4) is 0 Å². The van der Waals surface area contributed by atoms with Crippen LogP contribution in [-0.2, 0) is 9.59 Å². The van der Waals surface area contributed by atoms with Crippen LogP contribution in [0.15, 0.2) is 0 Å². The zero-order chi connectivity index (χ0) is 12.3. The van der Waals surface area contributed by atoms with Crippen molar-refractivity contribution >= 4 is 11.9 Å². The smallest absolute Gasteiger partial charge is 0.306 e. The molecule has 4 heteroatoms. The maximum atomic E-state index is 11.1. The second-order valence-corrected chi connectivity index (χ2v) is 4.91.